The van der Waals surface area contributed by atoms with Crippen LogP contribution in [0.5, 0.6) is 0 Å². The van der Waals surface area contributed by atoms with E-state index in [-0.39, 0.29) is 30.4 Å². The second-order valence-corrected chi connectivity index (χ2v) is 7.25. The number of aromatic nitrogens is 1. The Morgan fingerprint density at radius 2 is 2.08 bits per heavy atom. The maximum atomic E-state index is 12.5. The van der Waals surface area contributed by atoms with E-state index >= 15 is 0 Å². The highest BCUT2D eigenvalue weighted by molar-refractivity contribution is 5.94. The lowest BCUT2D eigenvalue weighted by atomic mass is 9.91. The lowest BCUT2D eigenvalue weighted by molar-refractivity contribution is -0.134. The summed E-state index contributed by atoms with van der Waals surface area (Å²) in [5.74, 6) is 0.426. The summed E-state index contributed by atoms with van der Waals surface area (Å²) in [6.07, 6.45) is 9.25. The third kappa shape index (κ3) is 4.57. The summed E-state index contributed by atoms with van der Waals surface area (Å²) in [5.41, 5.74) is 0.513. The molecule has 1 aliphatic carbocycles. The lowest BCUT2D eigenvalue weighted by Crippen LogP contribution is -2.53. The largest absolute Gasteiger partial charge is 0.396 e. The van der Waals surface area contributed by atoms with Crippen molar-refractivity contribution in [2.24, 2.45) is 11.8 Å². The minimum Gasteiger partial charge on any atom is -0.396 e. The van der Waals surface area contributed by atoms with E-state index in [0.29, 0.717) is 37.4 Å². The first-order valence-electron chi connectivity index (χ1n) is 9.27. The monoisotopic (exact) mass is 345 g/mol. The maximum Gasteiger partial charge on any atom is 0.253 e. The van der Waals surface area contributed by atoms with E-state index in [4.69, 9.17) is 0 Å². The Morgan fingerprint density at radius 1 is 1.28 bits per heavy atom. The van der Waals surface area contributed by atoms with Gasteiger partial charge in [0.25, 0.3) is 5.91 Å². The number of hydrogen-bond acceptors (Lipinski definition) is 4. The summed E-state index contributed by atoms with van der Waals surface area (Å²) in [5, 5.41) is 12.7. The van der Waals surface area contributed by atoms with Crippen molar-refractivity contribution in [3.8, 4) is 0 Å². The molecule has 2 fully saturated rings. The molecule has 0 spiro atoms. The van der Waals surface area contributed by atoms with Gasteiger partial charge in [-0.05, 0) is 37.3 Å². The number of hydrogen-bond donors (Lipinski definition) is 2. The number of pyridine rings is 1. The normalized spacial score (nSPS) is 24.3. The Hall–Kier alpha value is -1.95. The molecule has 6 nitrogen and oxygen atoms in total. The van der Waals surface area contributed by atoms with Crippen molar-refractivity contribution in [3.05, 3.63) is 30.1 Å². The molecule has 3 rings (SSSR count). The van der Waals surface area contributed by atoms with Gasteiger partial charge in [-0.2, -0.15) is 0 Å². The highest BCUT2D eigenvalue weighted by Gasteiger charge is 2.33. The third-order valence-corrected chi connectivity index (χ3v) is 5.50. The van der Waals surface area contributed by atoms with Gasteiger partial charge in [0.2, 0.25) is 5.91 Å². The van der Waals surface area contributed by atoms with Crippen LogP contribution in [0.1, 0.15) is 48.9 Å². The van der Waals surface area contributed by atoms with Gasteiger partial charge in [0.05, 0.1) is 5.56 Å². The van der Waals surface area contributed by atoms with Crippen molar-refractivity contribution in [2.45, 2.75) is 44.6 Å². The SMILES string of the molecule is O=C(N[C@@H]1CCN(C(=O)CC2CCCC2)C[C@@H]1CO)c1cccnc1. The van der Waals surface area contributed by atoms with Crippen LogP contribution in [0.25, 0.3) is 0 Å². The molecule has 2 N–H and O–H groups in total. The minimum absolute atomic E-state index is 0.0365. The smallest absolute Gasteiger partial charge is 0.253 e. The average molecular weight is 345 g/mol. The number of aliphatic hydroxyl groups is 1. The topological polar surface area (TPSA) is 82.5 Å². The Morgan fingerprint density at radius 3 is 2.76 bits per heavy atom. The summed E-state index contributed by atoms with van der Waals surface area (Å²) in [6.45, 7) is 1.12. The first kappa shape index (κ1) is 17.9. The van der Waals surface area contributed by atoms with E-state index in [2.05, 4.69) is 10.3 Å². The van der Waals surface area contributed by atoms with E-state index in [0.717, 1.165) is 12.8 Å². The van der Waals surface area contributed by atoms with Gasteiger partial charge >= 0.3 is 0 Å². The van der Waals surface area contributed by atoms with Crippen molar-refractivity contribution in [2.75, 3.05) is 19.7 Å². The number of nitrogens with one attached hydrogen (secondary N) is 1. The summed E-state index contributed by atoms with van der Waals surface area (Å²) < 4.78 is 0. The number of rotatable bonds is 5. The molecule has 25 heavy (non-hydrogen) atoms. The predicted octanol–water partition coefficient (Wildman–Crippen LogP) is 1.60. The van der Waals surface area contributed by atoms with Crippen LogP contribution in [0.2, 0.25) is 0 Å². The van der Waals surface area contributed by atoms with Gasteiger partial charge in [0, 0.05) is 50.5 Å². The van der Waals surface area contributed by atoms with E-state index in [1.807, 2.05) is 4.90 Å². The maximum absolute atomic E-state index is 12.5. The molecule has 2 aliphatic rings. The molecule has 1 aromatic rings. The van der Waals surface area contributed by atoms with E-state index in [9.17, 15) is 14.7 Å². The zero-order valence-corrected chi connectivity index (χ0v) is 14.6. The molecule has 0 bridgehead atoms. The van der Waals surface area contributed by atoms with Gasteiger partial charge in [0.1, 0.15) is 0 Å². The first-order chi connectivity index (χ1) is 12.2. The molecule has 1 saturated carbocycles. The van der Waals surface area contributed by atoms with Gasteiger partial charge in [-0.15, -0.1) is 0 Å². The Bertz CT molecular complexity index is 587. The minimum atomic E-state index is -0.178. The number of aliphatic hydroxyl groups excluding tert-OH is 1. The quantitative estimate of drug-likeness (QED) is 0.849. The molecule has 2 amide bonds. The fourth-order valence-electron chi connectivity index (χ4n) is 3.97. The third-order valence-electron chi connectivity index (χ3n) is 5.50. The highest BCUT2D eigenvalue weighted by Crippen LogP contribution is 2.29. The van der Waals surface area contributed by atoms with Crippen molar-refractivity contribution >= 4 is 11.8 Å². The zero-order valence-electron chi connectivity index (χ0n) is 14.6. The van der Waals surface area contributed by atoms with E-state index < -0.39 is 0 Å². The summed E-state index contributed by atoms with van der Waals surface area (Å²) in [7, 11) is 0. The van der Waals surface area contributed by atoms with Crippen LogP contribution in [0.3, 0.4) is 0 Å². The molecule has 0 aromatic carbocycles. The molecule has 6 heteroatoms. The summed E-state index contributed by atoms with van der Waals surface area (Å²) in [6, 6.07) is 3.33. The van der Waals surface area contributed by atoms with Crippen LogP contribution in [-0.4, -0.2) is 52.5 Å². The second-order valence-electron chi connectivity index (χ2n) is 7.25. The van der Waals surface area contributed by atoms with Gasteiger partial charge in [-0.1, -0.05) is 12.8 Å². The van der Waals surface area contributed by atoms with Crippen molar-refractivity contribution in [1.29, 1.82) is 0 Å². The zero-order chi connectivity index (χ0) is 17.6. The van der Waals surface area contributed by atoms with Crippen LogP contribution in [-0.2, 0) is 4.79 Å². The molecule has 0 radical (unpaired) electrons. The summed E-state index contributed by atoms with van der Waals surface area (Å²) in [4.78, 5) is 30.6. The Labute approximate surface area is 148 Å². The molecule has 1 saturated heterocycles. The average Bonchev–Trinajstić information content (AvgIpc) is 3.15. The number of likely N-dealkylation sites (tertiary alicyclic amines) is 1. The predicted molar refractivity (Wildman–Crippen MR) is 93.8 cm³/mol. The molecular weight excluding hydrogens is 318 g/mol. The van der Waals surface area contributed by atoms with Crippen LogP contribution in [0.15, 0.2) is 24.5 Å². The fourth-order valence-corrected chi connectivity index (χ4v) is 3.97. The Balaban J connectivity index is 1.54. The molecule has 0 unspecified atom stereocenters. The number of nitrogens with zero attached hydrogens (tertiary/aromatic N) is 2. The lowest BCUT2D eigenvalue weighted by Gasteiger charge is -2.38. The molecular formula is C19H27N3O3. The Kier molecular flexibility index (Phi) is 6.02. The van der Waals surface area contributed by atoms with Crippen LogP contribution in [0, 0.1) is 11.8 Å². The molecule has 2 atom stereocenters. The number of piperidine rings is 1. The van der Waals surface area contributed by atoms with Crippen molar-refractivity contribution < 1.29 is 14.7 Å². The van der Waals surface area contributed by atoms with Gasteiger partial charge in [-0.25, -0.2) is 0 Å². The van der Waals surface area contributed by atoms with Crippen LogP contribution < -0.4 is 5.32 Å². The van der Waals surface area contributed by atoms with Gasteiger partial charge in [-0.3, -0.25) is 14.6 Å². The molecule has 1 aromatic heterocycles. The van der Waals surface area contributed by atoms with Gasteiger partial charge in [0.15, 0.2) is 0 Å². The van der Waals surface area contributed by atoms with Crippen LogP contribution in [0.4, 0.5) is 0 Å². The molecule has 2 heterocycles. The fraction of sp³-hybridized carbons (Fsp3) is 0.632. The van der Waals surface area contributed by atoms with Gasteiger partial charge < -0.3 is 15.3 Å². The standard InChI is InChI=1S/C19H27N3O3/c23-13-16-12-22(18(24)10-14-4-1-2-5-14)9-7-17(16)21-19(25)15-6-3-8-20-11-15/h3,6,8,11,14,16-17,23H,1-2,4-5,7,9-10,12-13H2,(H,21,25)/t16-,17-/m1/s1. The molecule has 1 aliphatic heterocycles. The number of carbonyl (C=O) groups is 2. The van der Waals surface area contributed by atoms with E-state index in [1.165, 1.54) is 19.0 Å². The van der Waals surface area contributed by atoms with Crippen molar-refractivity contribution in [1.82, 2.24) is 15.2 Å². The first-order valence-corrected chi connectivity index (χ1v) is 9.27. The number of carbonyl (C=O) groups excluding carboxylic acids is 2. The van der Waals surface area contributed by atoms with Crippen molar-refractivity contribution in [3.63, 3.8) is 0 Å². The van der Waals surface area contributed by atoms with Crippen LogP contribution >= 0.6 is 0 Å². The number of amides is 2. The van der Waals surface area contributed by atoms with E-state index in [1.54, 1.807) is 18.3 Å². The molecule has 136 valence electrons. The highest BCUT2D eigenvalue weighted by atomic mass is 16.3. The second kappa shape index (κ2) is 8.43. The summed E-state index contributed by atoms with van der Waals surface area (Å²) >= 11 is 0.